The second kappa shape index (κ2) is 6.09. The van der Waals surface area contributed by atoms with Gasteiger partial charge in [-0.05, 0) is 34.2 Å². The molecule has 0 unspecified atom stereocenters. The van der Waals surface area contributed by atoms with Gasteiger partial charge in [-0.15, -0.1) is 0 Å². The minimum Gasteiger partial charge on any atom is -0.468 e. The van der Waals surface area contributed by atoms with Crippen molar-refractivity contribution in [2.24, 2.45) is 5.41 Å². The van der Waals surface area contributed by atoms with E-state index in [1.165, 1.54) is 30.6 Å². The van der Waals surface area contributed by atoms with Crippen molar-refractivity contribution in [1.29, 1.82) is 0 Å². The summed E-state index contributed by atoms with van der Waals surface area (Å²) < 4.78 is 10.1. The normalized spacial score (nSPS) is 24.0. The van der Waals surface area contributed by atoms with Crippen LogP contribution in [0, 0.1) is 5.41 Å². The molecule has 5 nitrogen and oxygen atoms in total. The molecule has 26 heavy (non-hydrogen) atoms. The summed E-state index contributed by atoms with van der Waals surface area (Å²) >= 11 is 0. The van der Waals surface area contributed by atoms with Gasteiger partial charge < -0.3 is 9.47 Å². The Labute approximate surface area is 152 Å². The first kappa shape index (κ1) is 17.0. The molecule has 1 saturated heterocycles. The molecule has 0 amide bonds. The highest BCUT2D eigenvalue weighted by Crippen LogP contribution is 2.54. The third-order valence-corrected chi connectivity index (χ3v) is 6.02. The van der Waals surface area contributed by atoms with Crippen LogP contribution in [-0.4, -0.2) is 44.1 Å². The molecule has 2 aromatic rings. The molecular weight excluding hydrogens is 330 g/mol. The molecule has 1 fully saturated rings. The quantitative estimate of drug-likeness (QED) is 0.614. The predicted octanol–water partition coefficient (Wildman–Crippen LogP) is 3.04. The Morgan fingerprint density at radius 2 is 1.77 bits per heavy atom. The maximum absolute atomic E-state index is 12.8. The maximum Gasteiger partial charge on any atom is 0.325 e. The Hall–Kier alpha value is -2.40. The number of methoxy groups -OCH3 is 2. The summed E-state index contributed by atoms with van der Waals surface area (Å²) in [6, 6.07) is 12.1. The van der Waals surface area contributed by atoms with Crippen molar-refractivity contribution in [2.45, 2.75) is 25.3 Å². The Morgan fingerprint density at radius 3 is 2.46 bits per heavy atom. The Kier molecular flexibility index (Phi) is 3.99. The van der Waals surface area contributed by atoms with E-state index in [9.17, 15) is 9.59 Å². The summed E-state index contributed by atoms with van der Waals surface area (Å²) in [5.41, 5.74) is 0.958. The third-order valence-electron chi connectivity index (χ3n) is 6.02. The molecule has 0 bridgehead atoms. The van der Waals surface area contributed by atoms with Gasteiger partial charge in [0.1, 0.15) is 0 Å². The molecule has 0 aliphatic carbocycles. The number of esters is 2. The highest BCUT2D eigenvalue weighted by Gasteiger charge is 2.62. The van der Waals surface area contributed by atoms with Crippen LogP contribution < -0.4 is 0 Å². The van der Waals surface area contributed by atoms with Crippen LogP contribution in [0.25, 0.3) is 10.8 Å². The summed E-state index contributed by atoms with van der Waals surface area (Å²) in [5.74, 6) is -0.700. The highest BCUT2D eigenvalue weighted by molar-refractivity contribution is 6.02. The number of rotatable bonds is 2. The molecule has 0 radical (unpaired) electrons. The van der Waals surface area contributed by atoms with Gasteiger partial charge in [0.25, 0.3) is 0 Å². The number of carbonyl (C=O) groups excluding carboxylic acids is 2. The minimum atomic E-state index is -1.30. The van der Waals surface area contributed by atoms with Gasteiger partial charge in [-0.3, -0.25) is 14.5 Å². The third kappa shape index (κ3) is 2.13. The first-order valence-corrected chi connectivity index (χ1v) is 8.97. The highest BCUT2D eigenvalue weighted by atomic mass is 16.5. The Bertz CT molecular complexity index is 875. The van der Waals surface area contributed by atoms with Gasteiger partial charge in [-0.1, -0.05) is 43.3 Å². The average Bonchev–Trinajstić information content (AvgIpc) is 3.06. The lowest BCUT2D eigenvalue weighted by Gasteiger charge is -2.41. The fourth-order valence-electron chi connectivity index (χ4n) is 4.98. The van der Waals surface area contributed by atoms with E-state index in [4.69, 9.17) is 9.47 Å². The van der Waals surface area contributed by atoms with Crippen LogP contribution >= 0.6 is 0 Å². The molecule has 136 valence electrons. The molecule has 0 aromatic heterocycles. The number of hydrogen-bond donors (Lipinski definition) is 0. The number of carbonyl (C=O) groups is 2. The first-order chi connectivity index (χ1) is 12.5. The van der Waals surface area contributed by atoms with Crippen LogP contribution in [-0.2, 0) is 19.1 Å². The van der Waals surface area contributed by atoms with Crippen molar-refractivity contribution in [3.63, 3.8) is 0 Å². The molecule has 0 N–H and O–H groups in total. The van der Waals surface area contributed by atoms with E-state index in [-0.39, 0.29) is 6.04 Å². The maximum atomic E-state index is 12.8. The van der Waals surface area contributed by atoms with Gasteiger partial charge in [-0.25, -0.2) is 0 Å². The van der Waals surface area contributed by atoms with E-state index in [2.05, 4.69) is 36.1 Å². The van der Waals surface area contributed by atoms with Crippen molar-refractivity contribution in [3.8, 4) is 0 Å². The van der Waals surface area contributed by atoms with Crippen LogP contribution in [0.3, 0.4) is 0 Å². The number of nitrogens with zero attached hydrogens (tertiary/aromatic N) is 1. The molecule has 0 spiro atoms. The van der Waals surface area contributed by atoms with Crippen molar-refractivity contribution < 1.29 is 19.1 Å². The lowest BCUT2D eigenvalue weighted by Crippen LogP contribution is -2.48. The number of fused-ring (bicyclic) bond motifs is 5. The topological polar surface area (TPSA) is 55.8 Å². The van der Waals surface area contributed by atoms with E-state index in [1.54, 1.807) is 0 Å². The van der Waals surface area contributed by atoms with E-state index in [0.717, 1.165) is 12.1 Å². The lowest BCUT2D eigenvalue weighted by atomic mass is 9.72. The van der Waals surface area contributed by atoms with Crippen LogP contribution in [0.2, 0.25) is 0 Å². The second-order valence-corrected chi connectivity index (χ2v) is 7.29. The van der Waals surface area contributed by atoms with Crippen molar-refractivity contribution >= 4 is 22.7 Å². The standard InChI is InChI=1S/C21H23NO4/c1-13-12-22-11-10-21(19(23)25-2,20(24)26-3)18(22)16-9-8-14-6-4-5-7-15(14)17(13)16/h4-9,13,18H,10-12H2,1-3H3/t13-,18-/m1/s1. The minimum absolute atomic E-state index is 0.318. The Balaban J connectivity index is 1.98. The van der Waals surface area contributed by atoms with Crippen LogP contribution in [0.5, 0.6) is 0 Å². The average molecular weight is 353 g/mol. The van der Waals surface area contributed by atoms with Crippen LogP contribution in [0.1, 0.15) is 36.4 Å². The van der Waals surface area contributed by atoms with Crippen molar-refractivity contribution in [1.82, 2.24) is 4.90 Å². The summed E-state index contributed by atoms with van der Waals surface area (Å²) in [6.45, 7) is 3.69. The largest absolute Gasteiger partial charge is 0.468 e. The van der Waals surface area contributed by atoms with Gasteiger partial charge in [0.05, 0.1) is 20.3 Å². The fourth-order valence-corrected chi connectivity index (χ4v) is 4.98. The van der Waals surface area contributed by atoms with Gasteiger partial charge in [0, 0.05) is 13.1 Å². The van der Waals surface area contributed by atoms with Crippen LogP contribution in [0.4, 0.5) is 0 Å². The lowest BCUT2D eigenvalue weighted by molar-refractivity contribution is -0.171. The van der Waals surface area contributed by atoms with Gasteiger partial charge in [-0.2, -0.15) is 0 Å². The molecule has 5 heteroatoms. The van der Waals surface area contributed by atoms with Gasteiger partial charge in [0.2, 0.25) is 0 Å². The summed E-state index contributed by atoms with van der Waals surface area (Å²) in [4.78, 5) is 27.8. The molecule has 2 aliphatic rings. The smallest absolute Gasteiger partial charge is 0.325 e. The zero-order valence-corrected chi connectivity index (χ0v) is 15.3. The fraction of sp³-hybridized carbons (Fsp3) is 0.429. The van der Waals surface area contributed by atoms with Gasteiger partial charge >= 0.3 is 11.9 Å². The molecule has 4 rings (SSSR count). The molecular formula is C21H23NO4. The van der Waals surface area contributed by atoms with E-state index < -0.39 is 17.4 Å². The molecule has 2 aliphatic heterocycles. The summed E-state index contributed by atoms with van der Waals surface area (Å²) in [5, 5.41) is 2.36. The zero-order chi connectivity index (χ0) is 18.5. The number of hydrogen-bond acceptors (Lipinski definition) is 5. The molecule has 0 saturated carbocycles. The first-order valence-electron chi connectivity index (χ1n) is 8.97. The van der Waals surface area contributed by atoms with Crippen LogP contribution in [0.15, 0.2) is 36.4 Å². The SMILES string of the molecule is COC(=O)C1(C(=O)OC)CCN2C[C@@H](C)c3c(ccc4ccccc34)[C@@H]21. The monoisotopic (exact) mass is 353 g/mol. The van der Waals surface area contributed by atoms with E-state index in [0.29, 0.717) is 18.9 Å². The van der Waals surface area contributed by atoms with E-state index in [1.807, 2.05) is 12.1 Å². The summed E-state index contributed by atoms with van der Waals surface area (Å²) in [6.07, 6.45) is 0.413. The molecule has 2 atom stereocenters. The van der Waals surface area contributed by atoms with Crippen molar-refractivity contribution in [2.75, 3.05) is 27.3 Å². The second-order valence-electron chi connectivity index (χ2n) is 7.29. The number of benzene rings is 2. The van der Waals surface area contributed by atoms with Gasteiger partial charge in [0.15, 0.2) is 5.41 Å². The molecule has 2 aromatic carbocycles. The number of ether oxygens (including phenoxy) is 2. The molecule has 2 heterocycles. The zero-order valence-electron chi connectivity index (χ0n) is 15.3. The predicted molar refractivity (Wildman–Crippen MR) is 97.8 cm³/mol. The van der Waals surface area contributed by atoms with Crippen molar-refractivity contribution in [3.05, 3.63) is 47.5 Å². The Morgan fingerprint density at radius 1 is 1.08 bits per heavy atom. The van der Waals surface area contributed by atoms with E-state index >= 15 is 0 Å². The summed E-state index contributed by atoms with van der Waals surface area (Å²) in [7, 11) is 2.67.